The van der Waals surface area contributed by atoms with Crippen molar-refractivity contribution in [3.8, 4) is 0 Å². The van der Waals surface area contributed by atoms with Crippen molar-refractivity contribution < 1.29 is 9.41 Å². The van der Waals surface area contributed by atoms with Gasteiger partial charge >= 0.3 is 0 Å². The Kier molecular flexibility index (Phi) is 29.8. The van der Waals surface area contributed by atoms with E-state index in [-0.39, 0.29) is 9.41 Å². The van der Waals surface area contributed by atoms with Gasteiger partial charge in [0.25, 0.3) is 0 Å². The zero-order chi connectivity index (χ0) is 14.0. The fourth-order valence-electron chi connectivity index (χ4n) is 2.39. The van der Waals surface area contributed by atoms with E-state index in [4.69, 9.17) is 5.73 Å². The van der Waals surface area contributed by atoms with Crippen molar-refractivity contribution >= 4 is 0 Å². The number of rotatable bonds is 15. The summed E-state index contributed by atoms with van der Waals surface area (Å²) in [5.41, 5.74) is 5.47. The summed E-state index contributed by atoms with van der Waals surface area (Å²) >= 11 is 0. The largest absolute Gasteiger partial charge is 0.330 e. The van der Waals surface area contributed by atoms with Crippen molar-refractivity contribution in [3.63, 3.8) is 0 Å². The minimum absolute atomic E-state index is 0. The third kappa shape index (κ3) is 24.9. The third-order valence-corrected chi connectivity index (χ3v) is 3.72. The number of allylic oxidation sites excluding steroid dienone is 2. The van der Waals surface area contributed by atoms with Gasteiger partial charge in [-0.1, -0.05) is 76.9 Å². The topological polar surface area (TPSA) is 26.0 Å². The van der Waals surface area contributed by atoms with Gasteiger partial charge in [-0.05, 0) is 38.6 Å². The van der Waals surface area contributed by atoms with Gasteiger partial charge in [0.05, 0.1) is 0 Å². The van der Waals surface area contributed by atoms with Crippen LogP contribution < -0.4 is 5.73 Å². The molecule has 1 nitrogen and oxygen atoms in total. The molecule has 21 heavy (non-hydrogen) atoms. The highest BCUT2D eigenvalue weighted by molar-refractivity contribution is 4.81. The van der Waals surface area contributed by atoms with Gasteiger partial charge in [0.1, 0.15) is 0 Å². The molecular weight excluding hydrogens is 268 g/mol. The lowest BCUT2D eigenvalue weighted by Gasteiger charge is -1.99. The second-order valence-corrected chi connectivity index (χ2v) is 5.73. The third-order valence-electron chi connectivity index (χ3n) is 3.72. The highest BCUT2D eigenvalue weighted by atomic mass is 19.0. The Bertz CT molecular complexity index is 184. The maximum atomic E-state index is 5.47. The van der Waals surface area contributed by atoms with E-state index in [1.54, 1.807) is 0 Å². The van der Waals surface area contributed by atoms with Crippen LogP contribution in [0, 0.1) is 0 Å². The van der Waals surface area contributed by atoms with E-state index in [0.29, 0.717) is 0 Å². The molecule has 0 bridgehead atoms. The molecule has 0 aromatic rings. The van der Waals surface area contributed by atoms with Gasteiger partial charge in [-0.15, -0.1) is 0 Å². The summed E-state index contributed by atoms with van der Waals surface area (Å²) in [5.74, 6) is 0. The molecule has 0 aliphatic heterocycles. The molecule has 0 saturated carbocycles. The average Bonchev–Trinajstić information content (AvgIpc) is 2.43. The SMILES string of the molecule is CCCCCCCCC=CCCCCCCCCN.F.F. The van der Waals surface area contributed by atoms with E-state index in [1.807, 2.05) is 0 Å². The minimum atomic E-state index is 0. The minimum Gasteiger partial charge on any atom is -0.330 e. The smallest absolute Gasteiger partial charge is 0.00773 e. The van der Waals surface area contributed by atoms with E-state index in [2.05, 4.69) is 19.1 Å². The van der Waals surface area contributed by atoms with Gasteiger partial charge in [-0.25, -0.2) is 0 Å². The molecule has 0 fully saturated rings. The summed E-state index contributed by atoms with van der Waals surface area (Å²) < 4.78 is 0. The maximum Gasteiger partial charge on any atom is -0.00773 e. The Hall–Kier alpha value is -0.440. The van der Waals surface area contributed by atoms with E-state index in [9.17, 15) is 0 Å². The van der Waals surface area contributed by atoms with Gasteiger partial charge in [-0.3, -0.25) is 9.41 Å². The predicted octanol–water partition coefficient (Wildman–Crippen LogP) is 6.29. The molecule has 3 heteroatoms. The fourth-order valence-corrected chi connectivity index (χ4v) is 2.39. The molecule has 2 N–H and O–H groups in total. The molecule has 0 saturated heterocycles. The first-order chi connectivity index (χ1) is 9.41. The quantitative estimate of drug-likeness (QED) is 0.279. The van der Waals surface area contributed by atoms with E-state index in [1.165, 1.54) is 89.9 Å². The van der Waals surface area contributed by atoms with Gasteiger partial charge in [0.15, 0.2) is 0 Å². The van der Waals surface area contributed by atoms with Crippen LogP contribution in [0.1, 0.15) is 96.8 Å². The van der Waals surface area contributed by atoms with Crippen LogP contribution in [0.25, 0.3) is 0 Å². The molecule has 0 atom stereocenters. The summed E-state index contributed by atoms with van der Waals surface area (Å²) in [4.78, 5) is 0. The standard InChI is InChI=1S/C18H37N.2FH/c1-2-3-4-5-6-7-8-9-10-11-12-13-14-15-16-17-18-19;;/h9-10H,2-8,11-19H2,1H3;2*1H. The van der Waals surface area contributed by atoms with Crippen molar-refractivity contribution in [3.05, 3.63) is 12.2 Å². The average molecular weight is 308 g/mol. The first kappa shape index (κ1) is 25.5. The Morgan fingerprint density at radius 2 is 0.952 bits per heavy atom. The van der Waals surface area contributed by atoms with Crippen LogP contribution in [0.3, 0.4) is 0 Å². The highest BCUT2D eigenvalue weighted by Gasteiger charge is 1.90. The number of hydrogen-bond donors (Lipinski definition) is 1. The second kappa shape index (κ2) is 24.6. The van der Waals surface area contributed by atoms with Crippen molar-refractivity contribution in [1.82, 2.24) is 0 Å². The van der Waals surface area contributed by atoms with Gasteiger partial charge in [0.2, 0.25) is 0 Å². The zero-order valence-electron chi connectivity index (χ0n) is 14.2. The molecule has 0 amide bonds. The Balaban J connectivity index is -0.00000162. The lowest BCUT2D eigenvalue weighted by molar-refractivity contribution is 0.599. The summed E-state index contributed by atoms with van der Waals surface area (Å²) in [5, 5.41) is 0. The molecule has 130 valence electrons. The molecule has 0 radical (unpaired) electrons. The number of nitrogens with two attached hydrogens (primary N) is 1. The first-order valence-corrected chi connectivity index (χ1v) is 8.77. The van der Waals surface area contributed by atoms with Gasteiger partial charge in [-0.2, -0.15) is 0 Å². The van der Waals surface area contributed by atoms with Crippen molar-refractivity contribution in [2.75, 3.05) is 6.54 Å². The predicted molar refractivity (Wildman–Crippen MR) is 93.5 cm³/mol. The van der Waals surface area contributed by atoms with Gasteiger partial charge in [0, 0.05) is 0 Å². The zero-order valence-corrected chi connectivity index (χ0v) is 14.2. The first-order valence-electron chi connectivity index (χ1n) is 8.77. The molecule has 0 aliphatic rings. The Labute approximate surface area is 131 Å². The van der Waals surface area contributed by atoms with Gasteiger partial charge < -0.3 is 5.73 Å². The Morgan fingerprint density at radius 3 is 1.38 bits per heavy atom. The lowest BCUT2D eigenvalue weighted by Crippen LogP contribution is -1.97. The van der Waals surface area contributed by atoms with E-state index >= 15 is 0 Å². The van der Waals surface area contributed by atoms with Crippen LogP contribution in [0.15, 0.2) is 12.2 Å². The van der Waals surface area contributed by atoms with Crippen LogP contribution in [-0.4, -0.2) is 6.54 Å². The normalized spacial score (nSPS) is 10.4. The second-order valence-electron chi connectivity index (χ2n) is 5.73. The summed E-state index contributed by atoms with van der Waals surface area (Å²) in [6.45, 7) is 3.14. The molecule has 0 aromatic carbocycles. The molecule has 0 spiro atoms. The molecule has 0 rings (SSSR count). The number of unbranched alkanes of at least 4 members (excludes halogenated alkanes) is 12. The lowest BCUT2D eigenvalue weighted by atomic mass is 10.1. The van der Waals surface area contributed by atoms with Crippen LogP contribution in [-0.2, 0) is 0 Å². The van der Waals surface area contributed by atoms with Crippen molar-refractivity contribution in [1.29, 1.82) is 0 Å². The van der Waals surface area contributed by atoms with Crippen LogP contribution >= 0.6 is 0 Å². The maximum absolute atomic E-state index is 5.47. The number of hydrogen-bond acceptors (Lipinski definition) is 1. The fraction of sp³-hybridized carbons (Fsp3) is 0.889. The van der Waals surface area contributed by atoms with Crippen LogP contribution in [0.4, 0.5) is 9.41 Å². The van der Waals surface area contributed by atoms with E-state index in [0.717, 1.165) is 6.54 Å². The molecule has 0 aromatic heterocycles. The highest BCUT2D eigenvalue weighted by Crippen LogP contribution is 2.09. The summed E-state index contributed by atoms with van der Waals surface area (Å²) in [7, 11) is 0. The van der Waals surface area contributed by atoms with Crippen LogP contribution in [0.2, 0.25) is 0 Å². The monoisotopic (exact) mass is 307 g/mol. The van der Waals surface area contributed by atoms with Crippen LogP contribution in [0.5, 0.6) is 0 Å². The molecule has 0 aliphatic carbocycles. The van der Waals surface area contributed by atoms with E-state index < -0.39 is 0 Å². The molecule has 0 unspecified atom stereocenters. The Morgan fingerprint density at radius 1 is 0.571 bits per heavy atom. The number of halogens is 2. The molecular formula is C18H39F2N. The van der Waals surface area contributed by atoms with Crippen molar-refractivity contribution in [2.24, 2.45) is 5.73 Å². The summed E-state index contributed by atoms with van der Waals surface area (Å²) in [6, 6.07) is 0. The molecule has 0 heterocycles. The summed E-state index contributed by atoms with van der Waals surface area (Å²) in [6.07, 6.45) is 23.9. The van der Waals surface area contributed by atoms with Crippen molar-refractivity contribution in [2.45, 2.75) is 96.8 Å².